The molecule has 1 amide bonds. The van der Waals surface area contributed by atoms with Crippen LogP contribution in [0.1, 0.15) is 21.6 Å². The van der Waals surface area contributed by atoms with Crippen molar-refractivity contribution in [2.45, 2.75) is 13.8 Å². The van der Waals surface area contributed by atoms with E-state index in [1.807, 2.05) is 38.1 Å². The molecule has 0 saturated heterocycles. The van der Waals surface area contributed by atoms with E-state index in [1.54, 1.807) is 0 Å². The number of anilines is 1. The van der Waals surface area contributed by atoms with E-state index in [1.165, 1.54) is 24.3 Å². The van der Waals surface area contributed by atoms with Crippen molar-refractivity contribution < 1.29 is 9.18 Å². The first kappa shape index (κ1) is 14.2. The highest BCUT2D eigenvalue weighted by Gasteiger charge is 2.10. The van der Waals surface area contributed by atoms with Crippen molar-refractivity contribution in [1.29, 1.82) is 0 Å². The molecule has 22 heavy (non-hydrogen) atoms. The Hall–Kier alpha value is -2.75. The maximum absolute atomic E-state index is 12.9. The van der Waals surface area contributed by atoms with Crippen LogP contribution in [0.15, 0.2) is 48.5 Å². The lowest BCUT2D eigenvalue weighted by Gasteiger charge is -2.10. The van der Waals surface area contributed by atoms with Gasteiger partial charge in [0, 0.05) is 16.6 Å². The molecule has 0 radical (unpaired) electrons. The molecule has 4 heteroatoms. The number of amides is 1. The molecule has 0 aliphatic heterocycles. The Bertz CT molecular complexity index is 857. The zero-order valence-corrected chi connectivity index (χ0v) is 12.4. The molecule has 110 valence electrons. The van der Waals surface area contributed by atoms with Gasteiger partial charge in [-0.05, 0) is 56.3 Å². The number of rotatable bonds is 2. The highest BCUT2D eigenvalue weighted by atomic mass is 19.1. The second-order valence-corrected chi connectivity index (χ2v) is 5.29. The highest BCUT2D eigenvalue weighted by Crippen LogP contribution is 2.25. The van der Waals surface area contributed by atoms with Crippen molar-refractivity contribution in [1.82, 2.24) is 4.98 Å². The Morgan fingerprint density at radius 3 is 2.50 bits per heavy atom. The van der Waals surface area contributed by atoms with Crippen molar-refractivity contribution in [3.8, 4) is 0 Å². The fourth-order valence-corrected chi connectivity index (χ4v) is 2.37. The molecule has 0 bridgehead atoms. The first-order valence-corrected chi connectivity index (χ1v) is 6.98. The number of carbonyl (C=O) groups excluding carboxylic acids is 1. The molecule has 1 N–H and O–H groups in total. The molecule has 1 heterocycles. The summed E-state index contributed by atoms with van der Waals surface area (Å²) in [6.07, 6.45) is 0. The van der Waals surface area contributed by atoms with Crippen LogP contribution in [0.25, 0.3) is 10.9 Å². The number of hydrogen-bond donors (Lipinski definition) is 1. The second-order valence-electron chi connectivity index (χ2n) is 5.29. The number of nitrogens with zero attached hydrogens (tertiary/aromatic N) is 1. The Kier molecular flexibility index (Phi) is 3.59. The minimum atomic E-state index is -0.364. The number of aromatic nitrogens is 1. The van der Waals surface area contributed by atoms with Gasteiger partial charge >= 0.3 is 0 Å². The van der Waals surface area contributed by atoms with Crippen LogP contribution in [0.4, 0.5) is 10.1 Å². The van der Waals surface area contributed by atoms with Gasteiger partial charge in [-0.1, -0.05) is 11.6 Å². The van der Waals surface area contributed by atoms with Crippen LogP contribution in [0, 0.1) is 19.7 Å². The van der Waals surface area contributed by atoms with E-state index in [2.05, 4.69) is 10.3 Å². The second kappa shape index (κ2) is 5.56. The number of aryl methyl sites for hydroxylation is 2. The average Bonchev–Trinajstić information content (AvgIpc) is 2.48. The molecule has 0 spiro atoms. The van der Waals surface area contributed by atoms with E-state index in [0.717, 1.165) is 22.2 Å². The van der Waals surface area contributed by atoms with Gasteiger partial charge in [-0.3, -0.25) is 9.78 Å². The molecule has 1 aromatic heterocycles. The normalized spacial score (nSPS) is 10.7. The molecule has 2 aromatic carbocycles. The third-order valence-electron chi connectivity index (χ3n) is 3.45. The average molecular weight is 294 g/mol. The third-order valence-corrected chi connectivity index (χ3v) is 3.45. The van der Waals surface area contributed by atoms with Crippen molar-refractivity contribution in [3.05, 3.63) is 71.2 Å². The summed E-state index contributed by atoms with van der Waals surface area (Å²) in [7, 11) is 0. The summed E-state index contributed by atoms with van der Waals surface area (Å²) in [5.41, 5.74) is 3.87. The van der Waals surface area contributed by atoms with Crippen LogP contribution in [-0.4, -0.2) is 10.9 Å². The number of pyridine rings is 1. The molecule has 3 nitrogen and oxygen atoms in total. The molecular formula is C18H15FN2O. The summed E-state index contributed by atoms with van der Waals surface area (Å²) in [5.74, 6) is -0.634. The van der Waals surface area contributed by atoms with Crippen molar-refractivity contribution in [2.75, 3.05) is 5.32 Å². The highest BCUT2D eigenvalue weighted by molar-refractivity contribution is 6.08. The van der Waals surface area contributed by atoms with Crippen LogP contribution in [0.3, 0.4) is 0 Å². The maximum Gasteiger partial charge on any atom is 0.255 e. The van der Waals surface area contributed by atoms with Crippen LogP contribution < -0.4 is 5.32 Å². The van der Waals surface area contributed by atoms with Crippen molar-refractivity contribution in [2.24, 2.45) is 0 Å². The largest absolute Gasteiger partial charge is 0.321 e. The Morgan fingerprint density at radius 2 is 1.77 bits per heavy atom. The van der Waals surface area contributed by atoms with Crippen LogP contribution in [0.5, 0.6) is 0 Å². The number of halogens is 1. The minimum Gasteiger partial charge on any atom is -0.321 e. The first-order valence-electron chi connectivity index (χ1n) is 6.98. The van der Waals surface area contributed by atoms with Crippen molar-refractivity contribution >= 4 is 22.5 Å². The van der Waals surface area contributed by atoms with Crippen LogP contribution in [-0.2, 0) is 0 Å². The van der Waals surface area contributed by atoms with Gasteiger partial charge in [-0.25, -0.2) is 4.39 Å². The van der Waals surface area contributed by atoms with E-state index in [0.29, 0.717) is 11.3 Å². The van der Waals surface area contributed by atoms with Gasteiger partial charge in [-0.2, -0.15) is 0 Å². The SMILES string of the molecule is Cc1ccc2nc(C)cc(NC(=O)c3ccc(F)cc3)c2c1. The monoisotopic (exact) mass is 294 g/mol. The number of nitrogens with one attached hydrogen (secondary N) is 1. The first-order chi connectivity index (χ1) is 10.5. The fraction of sp³-hybridized carbons (Fsp3) is 0.111. The lowest BCUT2D eigenvalue weighted by atomic mass is 10.1. The predicted octanol–water partition coefficient (Wildman–Crippen LogP) is 4.24. The quantitative estimate of drug-likeness (QED) is 0.768. The number of fused-ring (bicyclic) bond motifs is 1. The third kappa shape index (κ3) is 2.81. The van der Waals surface area contributed by atoms with E-state index in [-0.39, 0.29) is 11.7 Å². The number of benzene rings is 2. The molecule has 0 saturated carbocycles. The molecule has 3 rings (SSSR count). The molecule has 3 aromatic rings. The fourth-order valence-electron chi connectivity index (χ4n) is 2.37. The summed E-state index contributed by atoms with van der Waals surface area (Å²) in [4.78, 5) is 16.8. The molecule has 0 atom stereocenters. The lowest BCUT2D eigenvalue weighted by Crippen LogP contribution is -2.12. The summed E-state index contributed by atoms with van der Waals surface area (Å²) >= 11 is 0. The Balaban J connectivity index is 2.01. The Morgan fingerprint density at radius 1 is 1.05 bits per heavy atom. The van der Waals surface area contributed by atoms with Gasteiger partial charge < -0.3 is 5.32 Å². The molecule has 0 unspecified atom stereocenters. The standard InChI is InChI=1S/C18H15FN2O/c1-11-3-8-16-15(9-11)17(10-12(2)20-16)21-18(22)13-4-6-14(19)7-5-13/h3-10H,1-2H3,(H,20,21,22). The van der Waals surface area contributed by atoms with Gasteiger partial charge in [0.25, 0.3) is 5.91 Å². The van der Waals surface area contributed by atoms with Crippen LogP contribution in [0.2, 0.25) is 0 Å². The summed E-state index contributed by atoms with van der Waals surface area (Å²) in [5, 5.41) is 3.78. The molecule has 0 aliphatic carbocycles. The predicted molar refractivity (Wildman–Crippen MR) is 85.6 cm³/mol. The van der Waals surface area contributed by atoms with Crippen LogP contribution >= 0.6 is 0 Å². The Labute approximate surface area is 127 Å². The van der Waals surface area contributed by atoms with E-state index < -0.39 is 0 Å². The van der Waals surface area contributed by atoms with E-state index in [9.17, 15) is 9.18 Å². The van der Waals surface area contributed by atoms with E-state index >= 15 is 0 Å². The van der Waals surface area contributed by atoms with Gasteiger partial charge in [-0.15, -0.1) is 0 Å². The number of hydrogen-bond acceptors (Lipinski definition) is 2. The van der Waals surface area contributed by atoms with E-state index in [4.69, 9.17) is 0 Å². The summed E-state index contributed by atoms with van der Waals surface area (Å²) in [6.45, 7) is 3.87. The topological polar surface area (TPSA) is 42.0 Å². The van der Waals surface area contributed by atoms with Crippen molar-refractivity contribution in [3.63, 3.8) is 0 Å². The molecular weight excluding hydrogens is 279 g/mol. The summed E-state index contributed by atoms with van der Waals surface area (Å²) < 4.78 is 12.9. The summed E-state index contributed by atoms with van der Waals surface area (Å²) in [6, 6.07) is 13.2. The number of carbonyl (C=O) groups is 1. The molecule has 0 fully saturated rings. The van der Waals surface area contributed by atoms with Gasteiger partial charge in [0.15, 0.2) is 0 Å². The smallest absolute Gasteiger partial charge is 0.255 e. The maximum atomic E-state index is 12.9. The molecule has 0 aliphatic rings. The lowest BCUT2D eigenvalue weighted by molar-refractivity contribution is 0.102. The minimum absolute atomic E-state index is 0.270. The van der Waals surface area contributed by atoms with Gasteiger partial charge in [0.1, 0.15) is 5.82 Å². The van der Waals surface area contributed by atoms with Gasteiger partial charge in [0.2, 0.25) is 0 Å². The van der Waals surface area contributed by atoms with Gasteiger partial charge in [0.05, 0.1) is 11.2 Å². The zero-order chi connectivity index (χ0) is 15.7. The zero-order valence-electron chi connectivity index (χ0n) is 12.4.